The number of hydrogen-bond donors (Lipinski definition) is 3. The molecule has 2 heterocycles. The minimum atomic E-state index is -0.328. The predicted molar refractivity (Wildman–Crippen MR) is 80.4 cm³/mol. The van der Waals surface area contributed by atoms with Crippen molar-refractivity contribution in [1.29, 1.82) is 0 Å². The van der Waals surface area contributed by atoms with Gasteiger partial charge in [0.15, 0.2) is 0 Å². The predicted octanol–water partition coefficient (Wildman–Crippen LogP) is 1.12. The Kier molecular flexibility index (Phi) is 3.09. The lowest BCUT2D eigenvalue weighted by molar-refractivity contribution is 0.765. The van der Waals surface area contributed by atoms with E-state index < -0.39 is 0 Å². The van der Waals surface area contributed by atoms with E-state index in [1.807, 2.05) is 20.2 Å². The molecule has 3 aromatic rings. The highest BCUT2D eigenvalue weighted by atomic mass is 16.1. The Morgan fingerprint density at radius 1 is 1.24 bits per heavy atom. The lowest BCUT2D eigenvalue weighted by atomic mass is 10.1. The van der Waals surface area contributed by atoms with Crippen LogP contribution in [-0.2, 0) is 7.05 Å². The first-order valence-electron chi connectivity index (χ1n) is 6.55. The summed E-state index contributed by atoms with van der Waals surface area (Å²) in [6, 6.07) is 5.12. The number of rotatable bonds is 3. The number of benzene rings is 1. The molecule has 0 saturated heterocycles. The van der Waals surface area contributed by atoms with E-state index in [0.29, 0.717) is 16.5 Å². The normalized spacial score (nSPS) is 12.5. The standard InChI is InChI=1S/C14H15N5O2/c1-8(9-6-15-19(2)7-9)16-11-5-3-4-10-12(11)14(21)18-17-13(10)20/h3-8,16H,1-2H3,(H,17,20)(H,18,21). The molecule has 0 bridgehead atoms. The zero-order valence-electron chi connectivity index (χ0n) is 11.7. The molecule has 21 heavy (non-hydrogen) atoms. The van der Waals surface area contributed by atoms with Crippen LogP contribution in [-0.4, -0.2) is 20.0 Å². The van der Waals surface area contributed by atoms with Gasteiger partial charge in [0, 0.05) is 24.5 Å². The molecule has 3 rings (SSSR count). The van der Waals surface area contributed by atoms with Crippen LogP contribution in [0.15, 0.2) is 40.2 Å². The van der Waals surface area contributed by atoms with Gasteiger partial charge in [-0.3, -0.25) is 24.5 Å². The van der Waals surface area contributed by atoms with Crippen LogP contribution < -0.4 is 16.4 Å². The van der Waals surface area contributed by atoms with E-state index in [0.717, 1.165) is 5.56 Å². The smallest absolute Gasteiger partial charge is 0.272 e. The molecule has 0 amide bonds. The Bertz CT molecular complexity index is 905. The summed E-state index contributed by atoms with van der Waals surface area (Å²) < 4.78 is 1.72. The Labute approximate surface area is 119 Å². The van der Waals surface area contributed by atoms with Crippen molar-refractivity contribution in [3.8, 4) is 0 Å². The van der Waals surface area contributed by atoms with Crippen LogP contribution in [0.3, 0.4) is 0 Å². The number of anilines is 1. The third-order valence-corrected chi connectivity index (χ3v) is 3.42. The first-order valence-corrected chi connectivity index (χ1v) is 6.55. The van der Waals surface area contributed by atoms with E-state index in [2.05, 4.69) is 20.6 Å². The maximum absolute atomic E-state index is 12.0. The summed E-state index contributed by atoms with van der Waals surface area (Å²) in [4.78, 5) is 23.8. The second-order valence-electron chi connectivity index (χ2n) is 4.95. The summed E-state index contributed by atoms with van der Waals surface area (Å²) in [5.41, 5.74) is 0.973. The summed E-state index contributed by atoms with van der Waals surface area (Å²) in [6.45, 7) is 1.97. The molecule has 1 atom stereocenters. The maximum atomic E-state index is 12.0. The van der Waals surface area contributed by atoms with E-state index in [9.17, 15) is 9.59 Å². The highest BCUT2D eigenvalue weighted by molar-refractivity contribution is 5.92. The van der Waals surface area contributed by atoms with Crippen molar-refractivity contribution < 1.29 is 0 Å². The molecular formula is C14H15N5O2. The Morgan fingerprint density at radius 3 is 2.71 bits per heavy atom. The number of aromatic amines is 2. The first kappa shape index (κ1) is 13.2. The van der Waals surface area contributed by atoms with Crippen LogP contribution in [0.4, 0.5) is 5.69 Å². The molecule has 7 heteroatoms. The van der Waals surface area contributed by atoms with Gasteiger partial charge in [0.05, 0.1) is 23.0 Å². The van der Waals surface area contributed by atoms with E-state index in [1.165, 1.54) is 0 Å². The summed E-state index contributed by atoms with van der Waals surface area (Å²) >= 11 is 0. The quantitative estimate of drug-likeness (QED) is 0.672. The second-order valence-corrected chi connectivity index (χ2v) is 4.95. The highest BCUT2D eigenvalue weighted by Gasteiger charge is 2.12. The molecular weight excluding hydrogens is 270 g/mol. The zero-order valence-corrected chi connectivity index (χ0v) is 11.7. The number of nitrogens with zero attached hydrogens (tertiary/aromatic N) is 2. The molecule has 0 radical (unpaired) electrons. The molecule has 0 saturated carbocycles. The summed E-state index contributed by atoms with van der Waals surface area (Å²) in [5.74, 6) is 0. The van der Waals surface area contributed by atoms with Gasteiger partial charge in [-0.05, 0) is 19.1 Å². The minimum absolute atomic E-state index is 0.0389. The Balaban J connectivity index is 2.07. The zero-order chi connectivity index (χ0) is 15.0. The van der Waals surface area contributed by atoms with Gasteiger partial charge in [0.25, 0.3) is 11.1 Å². The molecule has 1 aromatic carbocycles. The molecule has 7 nitrogen and oxygen atoms in total. The molecule has 0 fully saturated rings. The Morgan fingerprint density at radius 2 is 2.00 bits per heavy atom. The summed E-state index contributed by atoms with van der Waals surface area (Å²) in [5, 5.41) is 12.8. The maximum Gasteiger partial charge on any atom is 0.272 e. The molecule has 0 aliphatic rings. The van der Waals surface area contributed by atoms with Gasteiger partial charge in [-0.25, -0.2) is 0 Å². The van der Waals surface area contributed by atoms with E-state index in [4.69, 9.17) is 0 Å². The van der Waals surface area contributed by atoms with Crippen molar-refractivity contribution in [2.45, 2.75) is 13.0 Å². The van der Waals surface area contributed by atoms with E-state index in [-0.39, 0.29) is 17.2 Å². The highest BCUT2D eigenvalue weighted by Crippen LogP contribution is 2.22. The number of hydrogen-bond acceptors (Lipinski definition) is 4. The molecule has 0 aliphatic heterocycles. The summed E-state index contributed by atoms with van der Waals surface area (Å²) in [6.07, 6.45) is 3.67. The number of nitrogens with one attached hydrogen (secondary N) is 3. The molecule has 0 aliphatic carbocycles. The minimum Gasteiger partial charge on any atom is -0.378 e. The van der Waals surface area contributed by atoms with Crippen LogP contribution in [0.5, 0.6) is 0 Å². The largest absolute Gasteiger partial charge is 0.378 e. The lowest BCUT2D eigenvalue weighted by Crippen LogP contribution is -2.20. The number of H-pyrrole nitrogens is 2. The van der Waals surface area contributed by atoms with Crippen LogP contribution >= 0.6 is 0 Å². The van der Waals surface area contributed by atoms with Crippen molar-refractivity contribution in [3.63, 3.8) is 0 Å². The fourth-order valence-corrected chi connectivity index (χ4v) is 2.33. The van der Waals surface area contributed by atoms with Crippen LogP contribution in [0, 0.1) is 0 Å². The first-order chi connectivity index (χ1) is 10.1. The molecule has 3 N–H and O–H groups in total. The Hall–Kier alpha value is -2.83. The number of aryl methyl sites for hydroxylation is 1. The number of aromatic nitrogens is 4. The third kappa shape index (κ3) is 2.33. The van der Waals surface area contributed by atoms with Gasteiger partial charge in [0.2, 0.25) is 0 Å². The molecule has 108 valence electrons. The molecule has 1 unspecified atom stereocenters. The molecule has 2 aromatic heterocycles. The van der Waals surface area contributed by atoms with E-state index in [1.54, 1.807) is 29.1 Å². The van der Waals surface area contributed by atoms with Crippen molar-refractivity contribution >= 4 is 16.5 Å². The van der Waals surface area contributed by atoms with Crippen LogP contribution in [0.25, 0.3) is 10.8 Å². The SMILES string of the molecule is CC(Nc1cccc2c(=O)[nH][nH]c(=O)c12)c1cnn(C)c1. The monoisotopic (exact) mass is 285 g/mol. The third-order valence-electron chi connectivity index (χ3n) is 3.42. The van der Waals surface area contributed by atoms with Gasteiger partial charge in [0.1, 0.15) is 0 Å². The van der Waals surface area contributed by atoms with Crippen molar-refractivity contribution in [1.82, 2.24) is 20.0 Å². The van der Waals surface area contributed by atoms with Gasteiger partial charge >= 0.3 is 0 Å². The fraction of sp³-hybridized carbons (Fsp3) is 0.214. The van der Waals surface area contributed by atoms with E-state index >= 15 is 0 Å². The van der Waals surface area contributed by atoms with Gasteiger partial charge in [-0.15, -0.1) is 0 Å². The average molecular weight is 285 g/mol. The van der Waals surface area contributed by atoms with Crippen LogP contribution in [0.1, 0.15) is 18.5 Å². The average Bonchev–Trinajstić information content (AvgIpc) is 2.90. The van der Waals surface area contributed by atoms with Crippen molar-refractivity contribution in [3.05, 3.63) is 56.9 Å². The topological polar surface area (TPSA) is 95.6 Å². The van der Waals surface area contributed by atoms with Crippen LogP contribution in [0.2, 0.25) is 0 Å². The second kappa shape index (κ2) is 4.93. The number of fused-ring (bicyclic) bond motifs is 1. The summed E-state index contributed by atoms with van der Waals surface area (Å²) in [7, 11) is 1.85. The lowest BCUT2D eigenvalue weighted by Gasteiger charge is -2.14. The van der Waals surface area contributed by atoms with Gasteiger partial charge < -0.3 is 5.32 Å². The molecule has 0 spiro atoms. The van der Waals surface area contributed by atoms with Gasteiger partial charge in [-0.2, -0.15) is 5.10 Å². The van der Waals surface area contributed by atoms with Crippen molar-refractivity contribution in [2.24, 2.45) is 7.05 Å². The van der Waals surface area contributed by atoms with Gasteiger partial charge in [-0.1, -0.05) is 6.07 Å². The van der Waals surface area contributed by atoms with Crippen molar-refractivity contribution in [2.75, 3.05) is 5.32 Å². The fourth-order valence-electron chi connectivity index (χ4n) is 2.33.